The smallest absolute Gasteiger partial charge is 0.251 e. The summed E-state index contributed by atoms with van der Waals surface area (Å²) in [4.78, 5) is 40.4. The molecule has 26 heavy (non-hydrogen) atoms. The third kappa shape index (κ3) is 5.07. The molecule has 0 atom stereocenters. The van der Waals surface area contributed by atoms with Crippen LogP contribution in [0.5, 0.6) is 0 Å². The first-order valence-corrected chi connectivity index (χ1v) is 9.01. The summed E-state index contributed by atoms with van der Waals surface area (Å²) in [6, 6.07) is 5.62. The highest BCUT2D eigenvalue weighted by molar-refractivity contribution is 5.96. The Bertz CT molecular complexity index is 678. The minimum Gasteiger partial charge on any atom is -0.343 e. The number of hydrogen-bond acceptors (Lipinski definition) is 3. The van der Waals surface area contributed by atoms with Crippen molar-refractivity contribution >= 4 is 17.7 Å². The molecule has 0 saturated carbocycles. The van der Waals surface area contributed by atoms with E-state index < -0.39 is 5.41 Å². The van der Waals surface area contributed by atoms with Gasteiger partial charge in [0.05, 0.1) is 6.54 Å². The van der Waals surface area contributed by atoms with Crippen molar-refractivity contribution < 1.29 is 14.4 Å². The molecular formula is C20H29N3O3. The van der Waals surface area contributed by atoms with Gasteiger partial charge in [-0.15, -0.1) is 0 Å². The Morgan fingerprint density at radius 1 is 0.923 bits per heavy atom. The number of piperazine rings is 1. The van der Waals surface area contributed by atoms with E-state index in [9.17, 15) is 14.4 Å². The van der Waals surface area contributed by atoms with Crippen molar-refractivity contribution in [2.75, 3.05) is 32.7 Å². The zero-order chi connectivity index (χ0) is 19.5. The lowest BCUT2D eigenvalue weighted by atomic mass is 9.94. The summed E-state index contributed by atoms with van der Waals surface area (Å²) in [5, 5.41) is 2.70. The van der Waals surface area contributed by atoms with Crippen LogP contribution in [0, 0.1) is 19.3 Å². The number of nitrogens with one attached hydrogen (secondary N) is 1. The third-order valence-corrected chi connectivity index (χ3v) is 4.45. The predicted octanol–water partition coefficient (Wildman–Crippen LogP) is 1.75. The second-order valence-electron chi connectivity index (χ2n) is 7.98. The molecule has 1 saturated heterocycles. The average Bonchev–Trinajstić information content (AvgIpc) is 2.57. The number of carbonyl (C=O) groups excluding carboxylic acids is 3. The van der Waals surface area contributed by atoms with Crippen LogP contribution in [0.2, 0.25) is 0 Å². The maximum atomic E-state index is 12.3. The standard InChI is InChI=1S/C20H29N3O3/c1-14-10-15(2)12-16(11-14)18(25)21-13-17(24)22-6-8-23(9-7-22)19(26)20(3,4)5/h10-12H,6-9,13H2,1-5H3,(H,21,25). The normalized spacial score (nSPS) is 15.0. The average molecular weight is 359 g/mol. The molecule has 2 rings (SSSR count). The number of hydrogen-bond donors (Lipinski definition) is 1. The Morgan fingerprint density at radius 2 is 1.42 bits per heavy atom. The van der Waals surface area contributed by atoms with Gasteiger partial charge in [0.25, 0.3) is 5.91 Å². The topological polar surface area (TPSA) is 69.7 Å². The minimum atomic E-state index is -0.411. The van der Waals surface area contributed by atoms with E-state index in [2.05, 4.69) is 5.32 Å². The number of rotatable bonds is 3. The van der Waals surface area contributed by atoms with Gasteiger partial charge in [-0.05, 0) is 26.0 Å². The molecule has 6 heteroatoms. The second-order valence-corrected chi connectivity index (χ2v) is 7.98. The second kappa shape index (κ2) is 7.89. The van der Waals surface area contributed by atoms with Crippen LogP contribution in [0.15, 0.2) is 18.2 Å². The van der Waals surface area contributed by atoms with Crippen molar-refractivity contribution in [3.05, 3.63) is 34.9 Å². The summed E-state index contributed by atoms with van der Waals surface area (Å²) in [6.45, 7) is 11.6. The summed E-state index contributed by atoms with van der Waals surface area (Å²) in [7, 11) is 0. The lowest BCUT2D eigenvalue weighted by molar-refractivity contribution is -0.144. The van der Waals surface area contributed by atoms with Crippen LogP contribution in [0.3, 0.4) is 0 Å². The fraction of sp³-hybridized carbons (Fsp3) is 0.550. The first kappa shape index (κ1) is 19.9. The van der Waals surface area contributed by atoms with Crippen molar-refractivity contribution in [1.82, 2.24) is 15.1 Å². The molecule has 0 aromatic heterocycles. The van der Waals surface area contributed by atoms with Crippen LogP contribution in [0.4, 0.5) is 0 Å². The molecule has 1 aliphatic rings. The number of amides is 3. The molecule has 0 aliphatic carbocycles. The lowest BCUT2D eigenvalue weighted by Crippen LogP contribution is -2.54. The van der Waals surface area contributed by atoms with E-state index in [4.69, 9.17) is 0 Å². The molecule has 0 unspecified atom stereocenters. The van der Waals surface area contributed by atoms with E-state index in [1.165, 1.54) is 0 Å². The third-order valence-electron chi connectivity index (χ3n) is 4.45. The largest absolute Gasteiger partial charge is 0.343 e. The Balaban J connectivity index is 1.84. The van der Waals surface area contributed by atoms with Gasteiger partial charge >= 0.3 is 0 Å². The first-order chi connectivity index (χ1) is 12.1. The van der Waals surface area contributed by atoms with Crippen LogP contribution < -0.4 is 5.32 Å². The van der Waals surface area contributed by atoms with E-state index >= 15 is 0 Å². The summed E-state index contributed by atoms with van der Waals surface area (Å²) >= 11 is 0. The summed E-state index contributed by atoms with van der Waals surface area (Å²) in [5.41, 5.74) is 2.18. The molecule has 0 bridgehead atoms. The van der Waals surface area contributed by atoms with Gasteiger partial charge in [0, 0.05) is 37.2 Å². The van der Waals surface area contributed by atoms with Gasteiger partial charge < -0.3 is 15.1 Å². The summed E-state index contributed by atoms with van der Waals surface area (Å²) in [6.07, 6.45) is 0. The molecule has 3 amide bonds. The van der Waals surface area contributed by atoms with E-state index in [-0.39, 0.29) is 24.3 Å². The highest BCUT2D eigenvalue weighted by atomic mass is 16.2. The summed E-state index contributed by atoms with van der Waals surface area (Å²) in [5.74, 6) is -0.259. The molecule has 1 heterocycles. The lowest BCUT2D eigenvalue weighted by Gasteiger charge is -2.37. The van der Waals surface area contributed by atoms with Crippen molar-refractivity contribution in [1.29, 1.82) is 0 Å². The van der Waals surface area contributed by atoms with Gasteiger partial charge in [0.1, 0.15) is 0 Å². The molecule has 1 N–H and O–H groups in total. The van der Waals surface area contributed by atoms with Crippen LogP contribution in [-0.4, -0.2) is 60.2 Å². The van der Waals surface area contributed by atoms with E-state index in [1.54, 1.807) is 9.80 Å². The van der Waals surface area contributed by atoms with E-state index in [0.29, 0.717) is 31.7 Å². The van der Waals surface area contributed by atoms with Crippen molar-refractivity contribution in [2.45, 2.75) is 34.6 Å². The predicted molar refractivity (Wildman–Crippen MR) is 101 cm³/mol. The van der Waals surface area contributed by atoms with Gasteiger partial charge in [0.2, 0.25) is 11.8 Å². The van der Waals surface area contributed by atoms with Crippen molar-refractivity contribution in [3.8, 4) is 0 Å². The Labute approximate surface area is 155 Å². The number of nitrogens with zero attached hydrogens (tertiary/aromatic N) is 2. The molecule has 0 radical (unpaired) electrons. The Kier molecular flexibility index (Phi) is 6.05. The highest BCUT2D eigenvalue weighted by Crippen LogP contribution is 2.18. The van der Waals surface area contributed by atoms with Gasteiger partial charge in [-0.25, -0.2) is 0 Å². The maximum Gasteiger partial charge on any atom is 0.251 e. The van der Waals surface area contributed by atoms with Gasteiger partial charge in [0.15, 0.2) is 0 Å². The van der Waals surface area contributed by atoms with Crippen LogP contribution in [0.25, 0.3) is 0 Å². The zero-order valence-corrected chi connectivity index (χ0v) is 16.4. The Morgan fingerprint density at radius 3 is 1.92 bits per heavy atom. The Hall–Kier alpha value is -2.37. The quantitative estimate of drug-likeness (QED) is 0.894. The molecule has 6 nitrogen and oxygen atoms in total. The molecule has 0 spiro atoms. The molecule has 1 fully saturated rings. The number of aryl methyl sites for hydroxylation is 2. The molecular weight excluding hydrogens is 330 g/mol. The summed E-state index contributed by atoms with van der Waals surface area (Å²) < 4.78 is 0. The minimum absolute atomic E-state index is 0.0287. The maximum absolute atomic E-state index is 12.3. The number of benzene rings is 1. The number of carbonyl (C=O) groups is 3. The van der Waals surface area contributed by atoms with E-state index in [0.717, 1.165) is 11.1 Å². The molecule has 142 valence electrons. The molecule has 1 aromatic rings. The monoisotopic (exact) mass is 359 g/mol. The van der Waals surface area contributed by atoms with E-state index in [1.807, 2.05) is 52.8 Å². The first-order valence-electron chi connectivity index (χ1n) is 9.01. The fourth-order valence-corrected chi connectivity index (χ4v) is 3.11. The van der Waals surface area contributed by atoms with Crippen molar-refractivity contribution in [2.24, 2.45) is 5.41 Å². The van der Waals surface area contributed by atoms with Crippen LogP contribution >= 0.6 is 0 Å². The zero-order valence-electron chi connectivity index (χ0n) is 16.4. The fourth-order valence-electron chi connectivity index (χ4n) is 3.11. The molecule has 1 aromatic carbocycles. The van der Waals surface area contributed by atoms with Crippen molar-refractivity contribution in [3.63, 3.8) is 0 Å². The van der Waals surface area contributed by atoms with Crippen LogP contribution in [-0.2, 0) is 9.59 Å². The van der Waals surface area contributed by atoms with Gasteiger partial charge in [-0.2, -0.15) is 0 Å². The molecule has 1 aliphatic heterocycles. The SMILES string of the molecule is Cc1cc(C)cc(C(=O)NCC(=O)N2CCN(C(=O)C(C)(C)C)CC2)c1. The van der Waals surface area contributed by atoms with Gasteiger partial charge in [-0.1, -0.05) is 38.0 Å². The highest BCUT2D eigenvalue weighted by Gasteiger charge is 2.30. The van der Waals surface area contributed by atoms with Gasteiger partial charge in [-0.3, -0.25) is 14.4 Å². The van der Waals surface area contributed by atoms with Crippen LogP contribution in [0.1, 0.15) is 42.3 Å².